The van der Waals surface area contributed by atoms with Gasteiger partial charge in [-0.15, -0.1) is 0 Å². The summed E-state index contributed by atoms with van der Waals surface area (Å²) in [5, 5.41) is 28.3. The number of nitrogens with two attached hydrogens (primary N) is 3. The van der Waals surface area contributed by atoms with Crippen molar-refractivity contribution in [2.45, 2.75) is 76.7 Å². The van der Waals surface area contributed by atoms with Crippen molar-refractivity contribution in [2.75, 3.05) is 6.54 Å². The summed E-state index contributed by atoms with van der Waals surface area (Å²) < 4.78 is 0. The fraction of sp³-hybridized carbons (Fsp3) is 0.519. The predicted molar refractivity (Wildman–Crippen MR) is 154 cm³/mol. The molecule has 0 saturated carbocycles. The Hall–Kier alpha value is -4.17. The number of carboxylic acids is 1. The smallest absolute Gasteiger partial charge is 0.326 e. The molecule has 1 aromatic carbocycles. The maximum absolute atomic E-state index is 13.2. The highest BCUT2D eigenvalue weighted by Gasteiger charge is 2.33. The van der Waals surface area contributed by atoms with Crippen molar-refractivity contribution < 1.29 is 29.4 Å². The number of para-hydroxylation sites is 1. The summed E-state index contributed by atoms with van der Waals surface area (Å²) in [7, 11) is 0. The molecule has 0 aliphatic carbocycles. The first-order valence-corrected chi connectivity index (χ1v) is 13.5. The van der Waals surface area contributed by atoms with Crippen molar-refractivity contribution in [1.29, 1.82) is 0 Å². The lowest BCUT2D eigenvalue weighted by Gasteiger charge is -2.27. The van der Waals surface area contributed by atoms with E-state index in [9.17, 15) is 29.4 Å². The summed E-state index contributed by atoms with van der Waals surface area (Å²) in [6.45, 7) is 4.95. The van der Waals surface area contributed by atoms with Crippen LogP contribution >= 0.6 is 0 Å². The number of aliphatic hydroxyl groups is 1. The molecule has 0 bridgehead atoms. The number of fused-ring (bicyclic) bond motifs is 1. The molecule has 6 unspecified atom stereocenters. The van der Waals surface area contributed by atoms with Gasteiger partial charge in [-0.1, -0.05) is 38.5 Å². The number of aliphatic imine (C=N–C) groups is 1. The van der Waals surface area contributed by atoms with Crippen LogP contribution in [0, 0.1) is 5.92 Å². The van der Waals surface area contributed by atoms with Crippen LogP contribution in [0.2, 0.25) is 0 Å². The predicted octanol–water partition coefficient (Wildman–Crippen LogP) is -0.943. The maximum Gasteiger partial charge on any atom is 0.326 e. The van der Waals surface area contributed by atoms with E-state index >= 15 is 0 Å². The van der Waals surface area contributed by atoms with Crippen molar-refractivity contribution in [2.24, 2.45) is 28.1 Å². The van der Waals surface area contributed by atoms with Gasteiger partial charge in [-0.25, -0.2) is 4.79 Å². The number of aromatic nitrogens is 1. The third-order valence-corrected chi connectivity index (χ3v) is 6.87. The van der Waals surface area contributed by atoms with Crippen molar-refractivity contribution >= 4 is 40.6 Å². The average Bonchev–Trinajstić information content (AvgIpc) is 3.33. The minimum Gasteiger partial charge on any atom is -0.480 e. The van der Waals surface area contributed by atoms with E-state index in [1.54, 1.807) is 20.0 Å². The van der Waals surface area contributed by atoms with E-state index < -0.39 is 54.0 Å². The number of aromatic amines is 1. The van der Waals surface area contributed by atoms with Crippen molar-refractivity contribution in [3.05, 3.63) is 36.0 Å². The molecule has 14 nitrogen and oxygen atoms in total. The number of hydrogen-bond donors (Lipinski definition) is 9. The molecular formula is C27H42N8O6. The Kier molecular flexibility index (Phi) is 12.5. The first-order chi connectivity index (χ1) is 19.3. The molecule has 6 atom stereocenters. The first-order valence-electron chi connectivity index (χ1n) is 13.5. The van der Waals surface area contributed by atoms with Gasteiger partial charge in [0, 0.05) is 23.6 Å². The number of carbonyl (C=O) groups is 4. The molecule has 0 saturated heterocycles. The number of carbonyl (C=O) groups excluding carboxylic acids is 3. The first kappa shape index (κ1) is 33.0. The Balaban J connectivity index is 2.14. The molecule has 0 fully saturated rings. The summed E-state index contributed by atoms with van der Waals surface area (Å²) in [4.78, 5) is 57.9. The van der Waals surface area contributed by atoms with Gasteiger partial charge >= 0.3 is 5.97 Å². The van der Waals surface area contributed by atoms with E-state index in [0.29, 0.717) is 6.42 Å². The van der Waals surface area contributed by atoms with Crippen molar-refractivity contribution in [3.8, 4) is 0 Å². The van der Waals surface area contributed by atoms with Gasteiger partial charge in [0.25, 0.3) is 0 Å². The maximum atomic E-state index is 13.2. The highest BCUT2D eigenvalue weighted by molar-refractivity contribution is 5.94. The van der Waals surface area contributed by atoms with Crippen LogP contribution in [0.5, 0.6) is 0 Å². The number of guanidine groups is 1. The minimum atomic E-state index is -1.44. The third kappa shape index (κ3) is 9.76. The monoisotopic (exact) mass is 574 g/mol. The second-order valence-corrected chi connectivity index (χ2v) is 10.1. The molecule has 226 valence electrons. The topological polar surface area (TPSA) is 251 Å². The van der Waals surface area contributed by atoms with E-state index in [1.807, 2.05) is 24.3 Å². The second-order valence-electron chi connectivity index (χ2n) is 10.1. The van der Waals surface area contributed by atoms with E-state index in [0.717, 1.165) is 16.5 Å². The molecule has 0 spiro atoms. The molecular weight excluding hydrogens is 532 g/mol. The molecule has 0 aliphatic rings. The van der Waals surface area contributed by atoms with Crippen LogP contribution in [0.3, 0.4) is 0 Å². The largest absolute Gasteiger partial charge is 0.480 e. The number of amides is 3. The van der Waals surface area contributed by atoms with Crippen LogP contribution in [0.4, 0.5) is 0 Å². The molecule has 1 heterocycles. The fourth-order valence-corrected chi connectivity index (χ4v) is 4.27. The highest BCUT2D eigenvalue weighted by Crippen LogP contribution is 2.19. The molecule has 2 aromatic rings. The summed E-state index contributed by atoms with van der Waals surface area (Å²) in [6, 6.07) is 2.69. The van der Waals surface area contributed by atoms with E-state index in [4.69, 9.17) is 17.2 Å². The summed E-state index contributed by atoms with van der Waals surface area (Å²) in [6.07, 6.45) is 1.42. The Morgan fingerprint density at radius 2 is 1.66 bits per heavy atom. The van der Waals surface area contributed by atoms with Gasteiger partial charge in [-0.2, -0.15) is 0 Å². The summed E-state index contributed by atoms with van der Waals surface area (Å²) in [5.41, 5.74) is 18.5. The second kappa shape index (κ2) is 15.6. The van der Waals surface area contributed by atoms with Gasteiger partial charge in [0.05, 0.1) is 12.1 Å². The van der Waals surface area contributed by atoms with Crippen LogP contribution in [0.1, 0.15) is 45.6 Å². The Morgan fingerprint density at radius 1 is 1.00 bits per heavy atom. The zero-order valence-electron chi connectivity index (χ0n) is 23.6. The molecule has 12 N–H and O–H groups in total. The number of nitrogens with one attached hydrogen (secondary N) is 4. The van der Waals surface area contributed by atoms with Crippen LogP contribution in [-0.4, -0.2) is 81.7 Å². The van der Waals surface area contributed by atoms with Gasteiger partial charge in [0.2, 0.25) is 17.7 Å². The molecule has 1 aromatic heterocycles. The van der Waals surface area contributed by atoms with Gasteiger partial charge in [-0.05, 0) is 43.7 Å². The fourth-order valence-electron chi connectivity index (χ4n) is 4.27. The number of nitrogens with zero attached hydrogens (tertiary/aromatic N) is 1. The average molecular weight is 575 g/mol. The molecule has 3 amide bonds. The van der Waals surface area contributed by atoms with Crippen LogP contribution in [-0.2, 0) is 25.6 Å². The molecule has 0 aliphatic heterocycles. The number of H-pyrrole nitrogens is 1. The SMILES string of the molecule is CCC(C)C(NC(=O)C(CCCN=C(N)N)NC(=O)C(NC(=O)C(N)Cc1c[nH]c2ccccc12)C(C)O)C(=O)O. The lowest BCUT2D eigenvalue weighted by atomic mass is 9.98. The van der Waals surface area contributed by atoms with Crippen LogP contribution in [0.25, 0.3) is 10.9 Å². The van der Waals surface area contributed by atoms with E-state index in [1.165, 1.54) is 6.92 Å². The van der Waals surface area contributed by atoms with Crippen molar-refractivity contribution in [3.63, 3.8) is 0 Å². The summed E-state index contributed by atoms with van der Waals surface area (Å²) >= 11 is 0. The number of aliphatic hydroxyl groups excluding tert-OH is 1. The third-order valence-electron chi connectivity index (χ3n) is 6.87. The lowest BCUT2D eigenvalue weighted by Crippen LogP contribution is -2.60. The minimum absolute atomic E-state index is 0.0573. The van der Waals surface area contributed by atoms with Gasteiger partial charge in [0.15, 0.2) is 5.96 Å². The normalized spacial score (nSPS) is 15.5. The van der Waals surface area contributed by atoms with Crippen molar-refractivity contribution in [1.82, 2.24) is 20.9 Å². The number of rotatable bonds is 16. The molecule has 41 heavy (non-hydrogen) atoms. The van der Waals surface area contributed by atoms with E-state index in [-0.39, 0.29) is 37.7 Å². The number of aliphatic carboxylic acids is 1. The molecule has 14 heteroatoms. The number of hydrogen-bond acceptors (Lipinski definition) is 7. The Morgan fingerprint density at radius 3 is 2.27 bits per heavy atom. The molecule has 0 radical (unpaired) electrons. The number of carboxylic acid groups (broad SMARTS) is 1. The zero-order valence-corrected chi connectivity index (χ0v) is 23.6. The molecule has 2 rings (SSSR count). The quantitative estimate of drug-likeness (QED) is 0.0680. The lowest BCUT2D eigenvalue weighted by molar-refractivity contribution is -0.144. The van der Waals surface area contributed by atoms with Gasteiger partial charge < -0.3 is 48.3 Å². The number of benzene rings is 1. The van der Waals surface area contributed by atoms with Crippen LogP contribution in [0.15, 0.2) is 35.5 Å². The highest BCUT2D eigenvalue weighted by atomic mass is 16.4. The zero-order chi connectivity index (χ0) is 30.7. The van der Waals surface area contributed by atoms with E-state index in [2.05, 4.69) is 25.9 Å². The standard InChI is InChI=1S/C27H42N8O6/c1-4-14(2)21(26(40)41)34-24(38)20(10-7-11-31-27(29)30)33-25(39)22(15(3)36)35-23(37)18(28)12-16-13-32-19-9-6-5-8-17(16)19/h5-6,8-9,13-15,18,20-22,32,36H,4,7,10-12,28H2,1-3H3,(H,33,39)(H,34,38)(H,35,37)(H,40,41)(H4,29,30,31). The Bertz CT molecular complexity index is 1230. The van der Waals surface area contributed by atoms with Gasteiger partial charge in [-0.3, -0.25) is 19.4 Å². The van der Waals surface area contributed by atoms with Gasteiger partial charge in [0.1, 0.15) is 18.1 Å². The van der Waals surface area contributed by atoms with Crippen LogP contribution < -0.4 is 33.2 Å². The summed E-state index contributed by atoms with van der Waals surface area (Å²) in [5.74, 6) is -3.98. The Labute approximate surface area is 238 Å².